The number of benzene rings is 1. The number of hydrogen-bond acceptors (Lipinski definition) is 5. The Kier molecular flexibility index (Phi) is 7.63. The Labute approximate surface area is 162 Å². The Morgan fingerprint density at radius 2 is 2.11 bits per heavy atom. The number of ether oxygens (including phenoxy) is 1. The average molecular weight is 395 g/mol. The fourth-order valence-electron chi connectivity index (χ4n) is 2.48. The summed E-state index contributed by atoms with van der Waals surface area (Å²) >= 11 is 6.19. The molecule has 2 heterocycles. The molecule has 2 aromatic rings. The van der Waals surface area contributed by atoms with E-state index in [1.165, 1.54) is 0 Å². The summed E-state index contributed by atoms with van der Waals surface area (Å²) in [6, 6.07) is 7.27. The first-order valence-electron chi connectivity index (χ1n) is 8.52. The number of likely N-dealkylation sites (tertiary alicyclic amines) is 1. The molecule has 1 aliphatic heterocycles. The summed E-state index contributed by atoms with van der Waals surface area (Å²) in [7, 11) is 0. The van der Waals surface area contributed by atoms with E-state index in [0.29, 0.717) is 42.6 Å². The molecule has 3 rings (SSSR count). The van der Waals surface area contributed by atoms with Gasteiger partial charge in [-0.2, -0.15) is 5.10 Å². The Morgan fingerprint density at radius 3 is 2.67 bits per heavy atom. The van der Waals surface area contributed by atoms with Crippen molar-refractivity contribution in [3.8, 4) is 5.75 Å². The molecule has 0 atom stereocenters. The maximum Gasteiger partial charge on any atom is 0.300 e. The number of rotatable bonds is 6. The molecule has 0 spiro atoms. The summed E-state index contributed by atoms with van der Waals surface area (Å²) in [5.41, 5.74) is 6.00. The number of carbonyl (C=O) groups excluding carboxylic acids is 1. The second kappa shape index (κ2) is 9.94. The molecule has 27 heavy (non-hydrogen) atoms. The van der Waals surface area contributed by atoms with Gasteiger partial charge in [-0.3, -0.25) is 14.3 Å². The summed E-state index contributed by atoms with van der Waals surface area (Å²) in [5.74, 6) is -0.279. The Balaban J connectivity index is 0.000000596. The van der Waals surface area contributed by atoms with Crippen LogP contribution in [-0.2, 0) is 4.79 Å². The van der Waals surface area contributed by atoms with Crippen molar-refractivity contribution in [2.45, 2.75) is 19.4 Å². The van der Waals surface area contributed by atoms with Crippen LogP contribution >= 0.6 is 11.6 Å². The highest BCUT2D eigenvalue weighted by atomic mass is 35.5. The standard InChI is InChI=1S/C16H19ClN4O2.C2H4O2/c17-14-9-12(3-4-15(14)23-8-1-5-18)16(22)20-10-13(11-20)21-7-2-6-19-21;1-2(3)4/h2-4,6-7,9,13H,1,5,8,10-11,18H2;1H3,(H,3,4). The molecule has 8 nitrogen and oxygen atoms in total. The van der Waals surface area contributed by atoms with Gasteiger partial charge >= 0.3 is 0 Å². The molecule has 1 fully saturated rings. The summed E-state index contributed by atoms with van der Waals surface area (Å²) < 4.78 is 7.41. The first kappa shape index (κ1) is 20.7. The number of nitrogens with two attached hydrogens (primary N) is 1. The van der Waals surface area contributed by atoms with Crippen LogP contribution in [0, 0.1) is 0 Å². The lowest BCUT2D eigenvalue weighted by molar-refractivity contribution is -0.134. The zero-order valence-electron chi connectivity index (χ0n) is 15.0. The molecule has 3 N–H and O–H groups in total. The van der Waals surface area contributed by atoms with E-state index in [-0.39, 0.29) is 11.9 Å². The molecule has 0 radical (unpaired) electrons. The molecule has 1 aliphatic rings. The smallest absolute Gasteiger partial charge is 0.300 e. The average Bonchev–Trinajstić information content (AvgIpc) is 3.08. The Hall–Kier alpha value is -2.58. The van der Waals surface area contributed by atoms with Crippen molar-refractivity contribution in [1.82, 2.24) is 14.7 Å². The van der Waals surface area contributed by atoms with E-state index < -0.39 is 5.97 Å². The van der Waals surface area contributed by atoms with Crippen molar-refractivity contribution in [2.24, 2.45) is 5.73 Å². The van der Waals surface area contributed by atoms with Gasteiger partial charge < -0.3 is 20.5 Å². The minimum absolute atomic E-state index is 0.0242. The molecule has 146 valence electrons. The van der Waals surface area contributed by atoms with Crippen LogP contribution in [0.2, 0.25) is 5.02 Å². The van der Waals surface area contributed by atoms with Gasteiger partial charge in [-0.15, -0.1) is 0 Å². The van der Waals surface area contributed by atoms with Gasteiger partial charge in [-0.1, -0.05) is 11.6 Å². The Morgan fingerprint density at radius 1 is 1.41 bits per heavy atom. The third-order valence-corrected chi connectivity index (χ3v) is 4.13. The van der Waals surface area contributed by atoms with Crippen molar-refractivity contribution in [1.29, 1.82) is 0 Å². The number of carboxylic acid groups (broad SMARTS) is 1. The summed E-state index contributed by atoms with van der Waals surface area (Å²) in [6.07, 6.45) is 4.42. The van der Waals surface area contributed by atoms with E-state index in [2.05, 4.69) is 5.10 Å². The molecule has 0 aliphatic carbocycles. The fourth-order valence-corrected chi connectivity index (χ4v) is 2.72. The molecule has 1 aromatic carbocycles. The normalized spacial score (nSPS) is 13.4. The SMILES string of the molecule is CC(=O)O.NCCCOc1ccc(C(=O)N2CC(n3cccn3)C2)cc1Cl. The van der Waals surface area contributed by atoms with Crippen LogP contribution < -0.4 is 10.5 Å². The van der Waals surface area contributed by atoms with Crippen molar-refractivity contribution in [3.05, 3.63) is 47.2 Å². The van der Waals surface area contributed by atoms with E-state index in [1.54, 1.807) is 29.3 Å². The maximum absolute atomic E-state index is 12.4. The third kappa shape index (κ3) is 5.97. The molecule has 1 saturated heterocycles. The molecular formula is C18H23ClN4O4. The summed E-state index contributed by atoms with van der Waals surface area (Å²) in [5, 5.41) is 12.1. The lowest BCUT2D eigenvalue weighted by Gasteiger charge is -2.39. The largest absolute Gasteiger partial charge is 0.492 e. The van der Waals surface area contributed by atoms with E-state index in [0.717, 1.165) is 13.3 Å². The highest BCUT2D eigenvalue weighted by Crippen LogP contribution is 2.28. The van der Waals surface area contributed by atoms with Crippen LogP contribution in [0.1, 0.15) is 29.7 Å². The molecule has 0 saturated carbocycles. The topological polar surface area (TPSA) is 111 Å². The number of aromatic nitrogens is 2. The van der Waals surface area contributed by atoms with Crippen LogP contribution in [0.3, 0.4) is 0 Å². The minimum Gasteiger partial charge on any atom is -0.492 e. The zero-order chi connectivity index (χ0) is 19.8. The lowest BCUT2D eigenvalue weighted by Crippen LogP contribution is -2.50. The van der Waals surface area contributed by atoms with Gasteiger partial charge in [0.05, 0.1) is 17.7 Å². The molecule has 1 aromatic heterocycles. The molecule has 0 unspecified atom stereocenters. The van der Waals surface area contributed by atoms with Crippen LogP contribution in [0.4, 0.5) is 0 Å². The van der Waals surface area contributed by atoms with E-state index >= 15 is 0 Å². The fraction of sp³-hybridized carbons (Fsp3) is 0.389. The van der Waals surface area contributed by atoms with Crippen molar-refractivity contribution < 1.29 is 19.4 Å². The van der Waals surface area contributed by atoms with Crippen LogP contribution in [0.15, 0.2) is 36.7 Å². The number of aliphatic carboxylic acids is 1. The number of hydrogen-bond donors (Lipinski definition) is 2. The zero-order valence-corrected chi connectivity index (χ0v) is 15.8. The molecule has 1 amide bonds. The van der Waals surface area contributed by atoms with Crippen molar-refractivity contribution >= 4 is 23.5 Å². The lowest BCUT2D eigenvalue weighted by atomic mass is 10.1. The number of halogens is 1. The first-order valence-corrected chi connectivity index (χ1v) is 8.90. The number of carbonyl (C=O) groups is 2. The van der Waals surface area contributed by atoms with Gasteiger partial charge in [0, 0.05) is 38.0 Å². The summed E-state index contributed by atoms with van der Waals surface area (Å²) in [6.45, 7) is 3.49. The monoisotopic (exact) mass is 394 g/mol. The maximum atomic E-state index is 12.4. The predicted octanol–water partition coefficient (Wildman–Crippen LogP) is 2.05. The third-order valence-electron chi connectivity index (χ3n) is 3.83. The highest BCUT2D eigenvalue weighted by Gasteiger charge is 2.32. The van der Waals surface area contributed by atoms with Gasteiger partial charge in [-0.05, 0) is 37.2 Å². The molecule has 0 bridgehead atoms. The number of carboxylic acids is 1. The van der Waals surface area contributed by atoms with Crippen molar-refractivity contribution in [2.75, 3.05) is 26.2 Å². The molecule has 9 heteroatoms. The van der Waals surface area contributed by atoms with Gasteiger partial charge in [0.15, 0.2) is 0 Å². The quantitative estimate of drug-likeness (QED) is 0.725. The van der Waals surface area contributed by atoms with Crippen LogP contribution in [0.25, 0.3) is 0 Å². The number of amides is 1. The molecular weight excluding hydrogens is 372 g/mol. The first-order chi connectivity index (χ1) is 12.9. The van der Waals surface area contributed by atoms with Gasteiger partial charge in [0.25, 0.3) is 11.9 Å². The van der Waals surface area contributed by atoms with Gasteiger partial charge in [0.2, 0.25) is 0 Å². The second-order valence-electron chi connectivity index (χ2n) is 6.00. The van der Waals surface area contributed by atoms with Crippen molar-refractivity contribution in [3.63, 3.8) is 0 Å². The predicted molar refractivity (Wildman–Crippen MR) is 101 cm³/mol. The minimum atomic E-state index is -0.833. The van der Waals surface area contributed by atoms with E-state index in [4.69, 9.17) is 32.0 Å². The second-order valence-corrected chi connectivity index (χ2v) is 6.41. The highest BCUT2D eigenvalue weighted by molar-refractivity contribution is 6.32. The van der Waals surface area contributed by atoms with E-state index in [1.807, 2.05) is 16.9 Å². The van der Waals surface area contributed by atoms with Crippen LogP contribution in [-0.4, -0.2) is 57.9 Å². The summed E-state index contributed by atoms with van der Waals surface area (Å²) in [4.78, 5) is 23.2. The Bertz CT molecular complexity index is 757. The van der Waals surface area contributed by atoms with E-state index in [9.17, 15) is 4.79 Å². The van der Waals surface area contributed by atoms with Crippen LogP contribution in [0.5, 0.6) is 5.75 Å². The van der Waals surface area contributed by atoms with Gasteiger partial charge in [-0.25, -0.2) is 0 Å². The number of nitrogens with zero attached hydrogens (tertiary/aromatic N) is 3. The van der Waals surface area contributed by atoms with Gasteiger partial charge in [0.1, 0.15) is 5.75 Å².